The first kappa shape index (κ1) is 22.1. The highest BCUT2D eigenvalue weighted by Gasteiger charge is 2.43. The van der Waals surface area contributed by atoms with E-state index in [1.807, 2.05) is 31.2 Å². The maximum atomic E-state index is 11.1. The van der Waals surface area contributed by atoms with Crippen LogP contribution in [-0.4, -0.2) is 46.3 Å². The number of fused-ring (bicyclic) bond motifs is 1. The Kier molecular flexibility index (Phi) is 6.26. The third kappa shape index (κ3) is 4.88. The summed E-state index contributed by atoms with van der Waals surface area (Å²) < 4.78 is 6.41. The van der Waals surface area contributed by atoms with E-state index in [1.165, 1.54) is 6.92 Å². The van der Waals surface area contributed by atoms with Gasteiger partial charge in [0, 0.05) is 49.3 Å². The van der Waals surface area contributed by atoms with Crippen LogP contribution in [0.2, 0.25) is 5.02 Å². The minimum absolute atomic E-state index is 0.119. The Bertz CT molecular complexity index is 955. The van der Waals surface area contributed by atoms with Crippen molar-refractivity contribution in [2.24, 2.45) is 0 Å². The fourth-order valence-electron chi connectivity index (χ4n) is 4.55. The highest BCUT2D eigenvalue weighted by molar-refractivity contribution is 6.31. The number of amides is 1. The lowest BCUT2D eigenvalue weighted by molar-refractivity contribution is -0.114. The van der Waals surface area contributed by atoms with Crippen LogP contribution in [0.4, 0.5) is 5.69 Å². The molecule has 2 aliphatic rings. The quantitative estimate of drug-likeness (QED) is 0.664. The smallest absolute Gasteiger partial charge is 0.221 e. The molecule has 0 bridgehead atoms. The van der Waals surface area contributed by atoms with Gasteiger partial charge in [0.25, 0.3) is 0 Å². The number of anilines is 1. The van der Waals surface area contributed by atoms with Crippen LogP contribution in [0.5, 0.6) is 5.75 Å². The first-order chi connectivity index (χ1) is 14.7. The molecule has 2 unspecified atom stereocenters. The molecular weight excluding hydrogens is 416 g/mol. The Labute approximate surface area is 187 Å². The van der Waals surface area contributed by atoms with E-state index in [-0.39, 0.29) is 11.5 Å². The van der Waals surface area contributed by atoms with Crippen LogP contribution in [0.15, 0.2) is 36.4 Å². The molecule has 2 heterocycles. The van der Waals surface area contributed by atoms with Gasteiger partial charge in [-0.25, -0.2) is 0 Å². The number of hydrogen-bond acceptors (Lipinski definition) is 5. The number of β-amino-alcohol motifs (C(OH)–C–C–N with tert-alkyl or cyclic N) is 1. The van der Waals surface area contributed by atoms with Gasteiger partial charge in [0.15, 0.2) is 0 Å². The molecule has 7 heteroatoms. The second-order valence-corrected chi connectivity index (χ2v) is 9.17. The summed E-state index contributed by atoms with van der Waals surface area (Å²) in [7, 11) is 0. The number of ether oxygens (including phenoxy) is 1. The van der Waals surface area contributed by atoms with Crippen LogP contribution in [-0.2, 0) is 4.79 Å². The first-order valence-electron chi connectivity index (χ1n) is 10.7. The maximum absolute atomic E-state index is 11.1. The van der Waals surface area contributed by atoms with Crippen LogP contribution in [0.3, 0.4) is 0 Å². The van der Waals surface area contributed by atoms with Gasteiger partial charge in [-0.2, -0.15) is 0 Å². The Balaban J connectivity index is 1.36. The van der Waals surface area contributed by atoms with Gasteiger partial charge in [0.1, 0.15) is 11.4 Å². The molecule has 1 spiro atoms. The number of benzene rings is 2. The Morgan fingerprint density at radius 2 is 1.97 bits per heavy atom. The molecule has 1 fully saturated rings. The van der Waals surface area contributed by atoms with Crippen molar-refractivity contribution in [2.45, 2.75) is 50.9 Å². The van der Waals surface area contributed by atoms with Crippen molar-refractivity contribution in [2.75, 3.05) is 25.0 Å². The summed E-state index contributed by atoms with van der Waals surface area (Å²) in [4.78, 5) is 13.4. The number of hydrogen-bond donors (Lipinski definition) is 3. The molecule has 0 saturated carbocycles. The Hall–Kier alpha value is -2.12. The van der Waals surface area contributed by atoms with Crippen LogP contribution in [0.1, 0.15) is 55.1 Å². The minimum Gasteiger partial charge on any atom is -0.487 e. The van der Waals surface area contributed by atoms with Gasteiger partial charge in [-0.15, -0.1) is 0 Å². The number of piperidine rings is 1. The second-order valence-electron chi connectivity index (χ2n) is 8.76. The molecular formula is C24H29ClN2O4. The molecule has 166 valence electrons. The van der Waals surface area contributed by atoms with Gasteiger partial charge in [-0.1, -0.05) is 23.7 Å². The lowest BCUT2D eigenvalue weighted by atomic mass is 9.81. The number of aryl methyl sites for hydroxylation is 1. The zero-order valence-corrected chi connectivity index (χ0v) is 18.7. The van der Waals surface area contributed by atoms with Crippen molar-refractivity contribution in [3.8, 4) is 5.75 Å². The third-order valence-corrected chi connectivity index (χ3v) is 6.76. The van der Waals surface area contributed by atoms with Crippen LogP contribution < -0.4 is 10.1 Å². The molecule has 2 aliphatic heterocycles. The highest BCUT2D eigenvalue weighted by Crippen LogP contribution is 2.45. The van der Waals surface area contributed by atoms with Crippen molar-refractivity contribution in [3.05, 3.63) is 58.1 Å². The molecule has 1 saturated heterocycles. The zero-order chi connectivity index (χ0) is 22.2. The highest BCUT2D eigenvalue weighted by atomic mass is 35.5. The van der Waals surface area contributed by atoms with E-state index >= 15 is 0 Å². The average Bonchev–Trinajstić information content (AvgIpc) is 2.72. The predicted octanol–water partition coefficient (Wildman–Crippen LogP) is 3.99. The minimum atomic E-state index is -0.608. The predicted molar refractivity (Wildman–Crippen MR) is 121 cm³/mol. The Morgan fingerprint density at radius 1 is 1.29 bits per heavy atom. The van der Waals surface area contributed by atoms with Crippen molar-refractivity contribution in [1.82, 2.24) is 4.90 Å². The number of halogens is 1. The van der Waals surface area contributed by atoms with E-state index in [0.717, 1.165) is 48.4 Å². The van der Waals surface area contributed by atoms with E-state index in [0.29, 0.717) is 23.7 Å². The lowest BCUT2D eigenvalue weighted by Gasteiger charge is -2.46. The lowest BCUT2D eigenvalue weighted by Crippen LogP contribution is -2.51. The summed E-state index contributed by atoms with van der Waals surface area (Å²) in [6, 6.07) is 11.0. The largest absolute Gasteiger partial charge is 0.487 e. The zero-order valence-electron chi connectivity index (χ0n) is 17.9. The number of rotatable bonds is 4. The van der Waals surface area contributed by atoms with Crippen LogP contribution in [0, 0.1) is 6.92 Å². The monoisotopic (exact) mass is 444 g/mol. The van der Waals surface area contributed by atoms with E-state index in [2.05, 4.69) is 10.2 Å². The molecule has 2 atom stereocenters. The fourth-order valence-corrected chi connectivity index (χ4v) is 4.72. The van der Waals surface area contributed by atoms with Gasteiger partial charge >= 0.3 is 0 Å². The first-order valence-corrected chi connectivity index (χ1v) is 11.1. The molecule has 2 aromatic rings. The van der Waals surface area contributed by atoms with Crippen molar-refractivity contribution in [1.29, 1.82) is 0 Å². The van der Waals surface area contributed by atoms with Gasteiger partial charge in [0.2, 0.25) is 5.91 Å². The summed E-state index contributed by atoms with van der Waals surface area (Å²) in [5, 5.41) is 24.8. The molecule has 0 aromatic heterocycles. The maximum Gasteiger partial charge on any atom is 0.221 e. The topological polar surface area (TPSA) is 82.0 Å². The van der Waals surface area contributed by atoms with Gasteiger partial charge in [0.05, 0.1) is 12.2 Å². The van der Waals surface area contributed by atoms with E-state index < -0.39 is 12.2 Å². The average molecular weight is 445 g/mol. The number of nitrogens with zero attached hydrogens (tertiary/aromatic N) is 1. The number of carbonyl (C=O) groups is 1. The van der Waals surface area contributed by atoms with Gasteiger partial charge in [-0.05, 0) is 55.2 Å². The number of carbonyl (C=O) groups excluding carboxylic acids is 1. The van der Waals surface area contributed by atoms with Crippen molar-refractivity contribution < 1.29 is 19.7 Å². The van der Waals surface area contributed by atoms with Crippen LogP contribution in [0.25, 0.3) is 0 Å². The summed E-state index contributed by atoms with van der Waals surface area (Å²) in [5.41, 5.74) is 2.86. The molecule has 1 amide bonds. The van der Waals surface area contributed by atoms with E-state index in [4.69, 9.17) is 16.3 Å². The standard InChI is InChI=1S/C24H29ClN2O4/c1-15-11-23-19(12-20(15)25)21(29)13-24(31-23)7-9-27(10-8-24)14-22(30)17-3-5-18(6-4-17)26-16(2)28/h3-6,11-12,21-22,29-30H,7-10,13-14H2,1-2H3,(H,26,28). The van der Waals surface area contributed by atoms with Crippen molar-refractivity contribution in [3.63, 3.8) is 0 Å². The molecule has 6 nitrogen and oxygen atoms in total. The van der Waals surface area contributed by atoms with Gasteiger partial charge in [-0.3, -0.25) is 4.79 Å². The molecule has 3 N–H and O–H groups in total. The summed E-state index contributed by atoms with van der Waals surface area (Å²) in [6.07, 6.45) is 0.948. The Morgan fingerprint density at radius 3 is 2.61 bits per heavy atom. The fraction of sp³-hybridized carbons (Fsp3) is 0.458. The molecule has 2 aromatic carbocycles. The van der Waals surface area contributed by atoms with Gasteiger partial charge < -0.3 is 25.2 Å². The van der Waals surface area contributed by atoms with Crippen molar-refractivity contribution >= 4 is 23.2 Å². The number of aliphatic hydroxyl groups excluding tert-OH is 2. The van der Waals surface area contributed by atoms with E-state index in [1.54, 1.807) is 12.1 Å². The third-order valence-electron chi connectivity index (χ3n) is 6.36. The second kappa shape index (κ2) is 8.79. The molecule has 0 radical (unpaired) electrons. The molecule has 31 heavy (non-hydrogen) atoms. The number of aliphatic hydroxyl groups is 2. The summed E-state index contributed by atoms with van der Waals surface area (Å²) >= 11 is 6.22. The molecule has 4 rings (SSSR count). The van der Waals surface area contributed by atoms with Crippen LogP contribution >= 0.6 is 11.6 Å². The normalized spacial score (nSPS) is 21.3. The SMILES string of the molecule is CC(=O)Nc1ccc(C(O)CN2CCC3(CC2)CC(O)c2cc(Cl)c(C)cc2O3)cc1. The number of nitrogens with one attached hydrogen (secondary N) is 1. The van der Waals surface area contributed by atoms with E-state index in [9.17, 15) is 15.0 Å². The summed E-state index contributed by atoms with van der Waals surface area (Å²) in [5.74, 6) is 0.611. The summed E-state index contributed by atoms with van der Waals surface area (Å²) in [6.45, 7) is 5.51. The molecule has 0 aliphatic carbocycles. The number of likely N-dealkylation sites (tertiary alicyclic amines) is 1.